The van der Waals surface area contributed by atoms with Crippen molar-refractivity contribution in [3.8, 4) is 0 Å². The summed E-state index contributed by atoms with van der Waals surface area (Å²) in [6.07, 6.45) is 7.08. The van der Waals surface area contributed by atoms with Crippen LogP contribution >= 0.6 is 0 Å². The zero-order chi connectivity index (χ0) is 37.7. The molecule has 51 heavy (non-hydrogen) atoms. The Kier molecular flexibility index (Phi) is 13.0. The van der Waals surface area contributed by atoms with E-state index < -0.39 is 59.1 Å². The van der Waals surface area contributed by atoms with E-state index in [-0.39, 0.29) is 41.7 Å². The fraction of sp³-hybridized carbons (Fsp3) is 0.789. The molecule has 0 unspecified atom stereocenters. The number of likely N-dealkylation sites (tertiary alicyclic amines) is 1. The maximum absolute atomic E-state index is 14.4. The van der Waals surface area contributed by atoms with E-state index in [1.54, 1.807) is 0 Å². The van der Waals surface area contributed by atoms with E-state index in [9.17, 15) is 28.8 Å². The first-order chi connectivity index (χ1) is 23.9. The standard InChI is InChI=1S/C38H62N6O7/c1-9-17-39-33(48)31(46)25-15-13-11-10-12-14-19-51-23-26(34(49)44-21-24-29(38(24,7)8)30(44)32(47)40-25)41-35(50)42-27(36(2,3)4)22-43-18-16-37(5,6)20-28(43)45/h9,24-27,29-30H,1,10-23H2,2-8H3,(H,39,48)(H,40,47)(H2,41,42,50)/t24-,25+,26+,27+,29-,30-/m0/s1. The number of hydrogen-bond acceptors (Lipinski definition) is 7. The summed E-state index contributed by atoms with van der Waals surface area (Å²) in [5.74, 6) is -2.43. The Morgan fingerprint density at radius 3 is 2.41 bits per heavy atom. The molecule has 4 rings (SSSR count). The lowest BCUT2D eigenvalue weighted by molar-refractivity contribution is -0.144. The SMILES string of the molecule is C=CCNC(=O)C(=O)[C@H]1CCCCCCCOC[C@@H](NC(=O)N[C@H](CN2CCC(C)(C)CC2=O)C(C)(C)C)C(=O)N2C[C@H]3[C@@H]([C@H]2C(=O)N1)C3(C)C. The summed E-state index contributed by atoms with van der Waals surface area (Å²) < 4.78 is 5.97. The smallest absolute Gasteiger partial charge is 0.315 e. The monoisotopic (exact) mass is 714 g/mol. The van der Waals surface area contributed by atoms with Crippen molar-refractivity contribution in [1.29, 1.82) is 0 Å². The van der Waals surface area contributed by atoms with Gasteiger partial charge in [0.15, 0.2) is 0 Å². The Bertz CT molecular complexity index is 1340. The summed E-state index contributed by atoms with van der Waals surface area (Å²) in [5.41, 5.74) is -0.651. The van der Waals surface area contributed by atoms with Gasteiger partial charge in [-0.15, -0.1) is 6.58 Å². The second-order valence-corrected chi connectivity index (χ2v) is 17.5. The number of piperidine rings is 2. The summed E-state index contributed by atoms with van der Waals surface area (Å²) in [6.45, 7) is 19.6. The molecule has 0 aromatic heterocycles. The molecule has 3 saturated heterocycles. The molecule has 6 atom stereocenters. The molecule has 4 N–H and O–H groups in total. The minimum atomic E-state index is -1.08. The van der Waals surface area contributed by atoms with Crippen molar-refractivity contribution in [1.82, 2.24) is 31.1 Å². The average Bonchev–Trinajstić information content (AvgIpc) is 3.35. The number of hydrogen-bond donors (Lipinski definition) is 4. The molecule has 1 saturated carbocycles. The number of nitrogens with one attached hydrogen (secondary N) is 4. The van der Waals surface area contributed by atoms with Gasteiger partial charge in [0.25, 0.3) is 5.91 Å². The van der Waals surface area contributed by atoms with Crippen LogP contribution in [0.25, 0.3) is 0 Å². The second-order valence-electron chi connectivity index (χ2n) is 17.5. The molecule has 13 heteroatoms. The Balaban J connectivity index is 1.54. The highest BCUT2D eigenvalue weighted by atomic mass is 16.5. The minimum absolute atomic E-state index is 0.0587. The number of ether oxygens (including phenoxy) is 1. The summed E-state index contributed by atoms with van der Waals surface area (Å²) in [6, 6.07) is -3.93. The molecule has 13 nitrogen and oxygen atoms in total. The highest BCUT2D eigenvalue weighted by Gasteiger charge is 2.69. The van der Waals surface area contributed by atoms with Gasteiger partial charge in [-0.05, 0) is 47.3 Å². The molecule has 0 bridgehead atoms. The maximum Gasteiger partial charge on any atom is 0.315 e. The van der Waals surface area contributed by atoms with E-state index >= 15 is 0 Å². The van der Waals surface area contributed by atoms with Gasteiger partial charge in [-0.25, -0.2) is 4.79 Å². The zero-order valence-electron chi connectivity index (χ0n) is 31.9. The number of rotatable bonds is 8. The third-order valence-corrected chi connectivity index (χ3v) is 11.5. The van der Waals surface area contributed by atoms with Crippen LogP contribution in [0.4, 0.5) is 4.79 Å². The highest BCUT2D eigenvalue weighted by molar-refractivity contribution is 6.38. The number of fused-ring (bicyclic) bond motifs is 3. The second kappa shape index (κ2) is 16.5. The predicted octanol–water partition coefficient (Wildman–Crippen LogP) is 2.93. The third kappa shape index (κ3) is 10.1. The van der Waals surface area contributed by atoms with Crippen LogP contribution in [0.1, 0.15) is 99.8 Å². The summed E-state index contributed by atoms with van der Waals surface area (Å²) in [5, 5.41) is 11.3. The van der Waals surface area contributed by atoms with Crippen LogP contribution in [-0.4, -0.2) is 109 Å². The van der Waals surface area contributed by atoms with Gasteiger partial charge in [0, 0.05) is 39.2 Å². The van der Waals surface area contributed by atoms with E-state index in [2.05, 4.69) is 55.5 Å². The first kappa shape index (κ1) is 40.3. The van der Waals surface area contributed by atoms with Gasteiger partial charge in [-0.2, -0.15) is 0 Å². The number of urea groups is 1. The zero-order valence-corrected chi connectivity index (χ0v) is 31.9. The van der Waals surface area contributed by atoms with Crippen LogP contribution < -0.4 is 21.3 Å². The Morgan fingerprint density at radius 1 is 1.06 bits per heavy atom. The Morgan fingerprint density at radius 2 is 1.75 bits per heavy atom. The first-order valence-electron chi connectivity index (χ1n) is 18.8. The van der Waals surface area contributed by atoms with E-state index in [0.717, 1.165) is 32.1 Å². The van der Waals surface area contributed by atoms with Crippen molar-refractivity contribution in [3.05, 3.63) is 12.7 Å². The van der Waals surface area contributed by atoms with Gasteiger partial charge < -0.3 is 35.8 Å². The van der Waals surface area contributed by atoms with Crippen molar-refractivity contribution in [2.24, 2.45) is 28.1 Å². The largest absolute Gasteiger partial charge is 0.379 e. The predicted molar refractivity (Wildman–Crippen MR) is 193 cm³/mol. The Labute approximate surface area is 303 Å². The molecule has 0 aromatic rings. The van der Waals surface area contributed by atoms with Gasteiger partial charge in [0.1, 0.15) is 12.1 Å². The lowest BCUT2D eigenvalue weighted by Crippen LogP contribution is -2.61. The molecular weight excluding hydrogens is 652 g/mol. The fourth-order valence-electron chi connectivity index (χ4n) is 7.89. The summed E-state index contributed by atoms with van der Waals surface area (Å²) in [4.78, 5) is 84.3. The molecule has 0 radical (unpaired) electrons. The molecule has 3 aliphatic heterocycles. The van der Waals surface area contributed by atoms with Crippen molar-refractivity contribution in [2.75, 3.05) is 39.4 Å². The third-order valence-electron chi connectivity index (χ3n) is 11.5. The molecule has 1 aliphatic carbocycles. The number of ketones is 1. The van der Waals surface area contributed by atoms with Crippen molar-refractivity contribution >= 4 is 35.4 Å². The van der Waals surface area contributed by atoms with Crippen molar-refractivity contribution < 1.29 is 33.5 Å². The molecule has 4 aliphatic rings. The quantitative estimate of drug-likeness (QED) is 0.222. The van der Waals surface area contributed by atoms with E-state index in [1.807, 2.05) is 25.7 Å². The lowest BCUT2D eigenvalue weighted by atomic mass is 9.81. The highest BCUT2D eigenvalue weighted by Crippen LogP contribution is 2.65. The minimum Gasteiger partial charge on any atom is -0.379 e. The van der Waals surface area contributed by atoms with Gasteiger partial charge >= 0.3 is 6.03 Å². The van der Waals surface area contributed by atoms with E-state index in [1.165, 1.54) is 11.0 Å². The van der Waals surface area contributed by atoms with Crippen LogP contribution in [0.2, 0.25) is 0 Å². The van der Waals surface area contributed by atoms with E-state index in [4.69, 9.17) is 4.74 Å². The van der Waals surface area contributed by atoms with Gasteiger partial charge in [0.05, 0.1) is 18.7 Å². The maximum atomic E-state index is 14.4. The van der Waals surface area contributed by atoms with Gasteiger partial charge in [0.2, 0.25) is 23.5 Å². The number of Topliss-reactive ketones (excluding diaryl/α,β-unsaturated/α-hetero) is 1. The van der Waals surface area contributed by atoms with Gasteiger partial charge in [-0.1, -0.05) is 80.2 Å². The van der Waals surface area contributed by atoms with Crippen LogP contribution in [0, 0.1) is 28.1 Å². The van der Waals surface area contributed by atoms with Crippen molar-refractivity contribution in [2.45, 2.75) is 124 Å². The molecule has 4 fully saturated rings. The molecule has 0 aromatic carbocycles. The normalized spacial score (nSPS) is 29.2. The van der Waals surface area contributed by atoms with Crippen LogP contribution in [-0.2, 0) is 28.7 Å². The molecule has 0 spiro atoms. The van der Waals surface area contributed by atoms with Crippen molar-refractivity contribution in [3.63, 3.8) is 0 Å². The molecule has 6 amide bonds. The summed E-state index contributed by atoms with van der Waals surface area (Å²) in [7, 11) is 0. The van der Waals surface area contributed by atoms with Gasteiger partial charge in [-0.3, -0.25) is 24.0 Å². The number of carbonyl (C=O) groups excluding carboxylic acids is 6. The molecule has 286 valence electrons. The Hall–Kier alpha value is -3.48. The molecular formula is C38H62N6O7. The van der Waals surface area contributed by atoms with Crippen LogP contribution in [0.15, 0.2) is 12.7 Å². The average molecular weight is 715 g/mol. The lowest BCUT2D eigenvalue weighted by Gasteiger charge is -2.41. The number of amides is 6. The number of carbonyl (C=O) groups is 6. The first-order valence-corrected chi connectivity index (χ1v) is 18.8. The fourth-order valence-corrected chi connectivity index (χ4v) is 7.89. The van der Waals surface area contributed by atoms with Crippen LogP contribution in [0.3, 0.4) is 0 Å². The number of nitrogens with zero attached hydrogens (tertiary/aromatic N) is 2. The summed E-state index contributed by atoms with van der Waals surface area (Å²) >= 11 is 0. The topological polar surface area (TPSA) is 166 Å². The van der Waals surface area contributed by atoms with E-state index in [0.29, 0.717) is 45.5 Å². The van der Waals surface area contributed by atoms with Crippen LogP contribution in [0.5, 0.6) is 0 Å². The molecule has 3 heterocycles.